The summed E-state index contributed by atoms with van der Waals surface area (Å²) < 4.78 is 5.77. The van der Waals surface area contributed by atoms with Gasteiger partial charge in [0.2, 0.25) is 0 Å². The van der Waals surface area contributed by atoms with Gasteiger partial charge in [-0.1, -0.05) is 50.6 Å². The predicted octanol–water partition coefficient (Wildman–Crippen LogP) is 5.70. The van der Waals surface area contributed by atoms with Crippen LogP contribution >= 0.6 is 0 Å². The zero-order valence-electron chi connectivity index (χ0n) is 19.5. The van der Waals surface area contributed by atoms with Gasteiger partial charge in [-0.3, -0.25) is 9.89 Å². The van der Waals surface area contributed by atoms with Crippen molar-refractivity contribution in [3.05, 3.63) is 77.0 Å². The first-order valence-corrected chi connectivity index (χ1v) is 11.5. The van der Waals surface area contributed by atoms with Crippen LogP contribution in [0, 0.1) is 13.8 Å². The first-order chi connectivity index (χ1) is 16.0. The van der Waals surface area contributed by atoms with Crippen LogP contribution in [0.3, 0.4) is 0 Å². The van der Waals surface area contributed by atoms with Gasteiger partial charge in [0, 0.05) is 17.7 Å². The summed E-state index contributed by atoms with van der Waals surface area (Å²) in [5.41, 5.74) is 5.41. The van der Waals surface area contributed by atoms with Crippen LogP contribution in [-0.2, 0) is 0 Å². The van der Waals surface area contributed by atoms with E-state index in [1.165, 1.54) is 0 Å². The number of aromatic hydroxyl groups is 1. The van der Waals surface area contributed by atoms with Gasteiger partial charge in [-0.05, 0) is 55.2 Å². The molecule has 0 fully saturated rings. The summed E-state index contributed by atoms with van der Waals surface area (Å²) >= 11 is 0. The van der Waals surface area contributed by atoms with Crippen LogP contribution in [-0.4, -0.2) is 39.3 Å². The minimum atomic E-state index is -0.314. The van der Waals surface area contributed by atoms with E-state index in [1.807, 2.05) is 49.1 Å². The monoisotopic (exact) mass is 445 g/mol. The number of carbonyl (C=O) groups excluding carboxylic acids is 1. The van der Waals surface area contributed by atoms with Crippen LogP contribution in [0.2, 0.25) is 0 Å². The van der Waals surface area contributed by atoms with Crippen LogP contribution in [0.1, 0.15) is 65.0 Å². The van der Waals surface area contributed by atoms with Crippen LogP contribution < -0.4 is 4.74 Å². The van der Waals surface area contributed by atoms with Crippen molar-refractivity contribution in [3.63, 3.8) is 0 Å². The van der Waals surface area contributed by atoms with E-state index in [9.17, 15) is 9.90 Å². The number of aromatic nitrogens is 2. The highest BCUT2D eigenvalue weighted by Gasteiger charge is 2.42. The number of unbranched alkanes of at least 4 members (excludes halogenated alkanes) is 2. The van der Waals surface area contributed by atoms with Gasteiger partial charge in [0.25, 0.3) is 5.91 Å². The van der Waals surface area contributed by atoms with Crippen molar-refractivity contribution in [2.45, 2.75) is 46.1 Å². The van der Waals surface area contributed by atoms with Crippen molar-refractivity contribution in [3.8, 4) is 22.8 Å². The average molecular weight is 446 g/mol. The fourth-order valence-corrected chi connectivity index (χ4v) is 4.68. The number of hydrogen-bond acceptors (Lipinski definition) is 4. The molecule has 1 aliphatic heterocycles. The molecule has 0 saturated carbocycles. The first-order valence-electron chi connectivity index (χ1n) is 11.5. The maximum atomic E-state index is 13.4. The van der Waals surface area contributed by atoms with Crippen LogP contribution in [0.25, 0.3) is 11.3 Å². The van der Waals surface area contributed by atoms with Crippen LogP contribution in [0.4, 0.5) is 0 Å². The average Bonchev–Trinajstić information content (AvgIpc) is 3.31. The first kappa shape index (κ1) is 22.6. The highest BCUT2D eigenvalue weighted by atomic mass is 16.5. The molecule has 2 heterocycles. The number of aromatic amines is 1. The molecular weight excluding hydrogens is 414 g/mol. The van der Waals surface area contributed by atoms with Crippen molar-refractivity contribution in [2.24, 2.45) is 0 Å². The molecule has 0 bridgehead atoms. The molecule has 6 heteroatoms. The van der Waals surface area contributed by atoms with Gasteiger partial charge in [0.1, 0.15) is 29.5 Å². The zero-order valence-corrected chi connectivity index (χ0v) is 19.5. The number of ether oxygens (including phenoxy) is 1. The molecule has 33 heavy (non-hydrogen) atoms. The van der Waals surface area contributed by atoms with E-state index in [1.54, 1.807) is 12.1 Å². The molecule has 2 N–H and O–H groups in total. The molecular formula is C27H31N3O3. The van der Waals surface area contributed by atoms with E-state index in [0.29, 0.717) is 30.1 Å². The van der Waals surface area contributed by atoms with Crippen LogP contribution in [0.5, 0.6) is 11.5 Å². The zero-order chi connectivity index (χ0) is 23.5. The molecule has 0 saturated heterocycles. The van der Waals surface area contributed by atoms with E-state index in [2.05, 4.69) is 23.7 Å². The molecule has 1 amide bonds. The second-order valence-electron chi connectivity index (χ2n) is 8.62. The third kappa shape index (κ3) is 4.25. The Hall–Kier alpha value is -3.54. The van der Waals surface area contributed by atoms with Crippen molar-refractivity contribution in [1.29, 1.82) is 0 Å². The standard InChI is InChI=1S/C27H31N3O3/c1-5-7-8-12-30-26(19-10-9-11-20(16-19)33-13-6-2)23-24(28-29-25(23)27(30)32)22-18(4)14-17(3)15-21(22)31/h6,9-11,14-16,26,31H,2,5,7-8,12-13H2,1,3-4H3,(H,28,29). The molecule has 0 aliphatic carbocycles. The number of nitrogens with zero attached hydrogens (tertiary/aromatic N) is 2. The molecule has 1 aliphatic rings. The normalized spacial score (nSPS) is 15.1. The summed E-state index contributed by atoms with van der Waals surface area (Å²) in [5.74, 6) is 0.827. The van der Waals surface area contributed by atoms with Gasteiger partial charge < -0.3 is 14.7 Å². The molecule has 6 nitrogen and oxygen atoms in total. The molecule has 2 aromatic carbocycles. The lowest BCUT2D eigenvalue weighted by Gasteiger charge is -2.27. The summed E-state index contributed by atoms with van der Waals surface area (Å²) in [6, 6.07) is 11.3. The van der Waals surface area contributed by atoms with Crippen molar-refractivity contribution >= 4 is 5.91 Å². The number of fused-ring (bicyclic) bond motifs is 1. The van der Waals surface area contributed by atoms with Gasteiger partial charge in [-0.15, -0.1) is 0 Å². The third-order valence-corrected chi connectivity index (χ3v) is 6.10. The van der Waals surface area contributed by atoms with Crippen molar-refractivity contribution < 1.29 is 14.6 Å². The number of phenols is 1. The van der Waals surface area contributed by atoms with E-state index < -0.39 is 0 Å². The molecule has 1 atom stereocenters. The molecule has 1 unspecified atom stereocenters. The van der Waals surface area contributed by atoms with Gasteiger partial charge >= 0.3 is 0 Å². The van der Waals surface area contributed by atoms with Gasteiger partial charge in [-0.25, -0.2) is 0 Å². The number of H-pyrrole nitrogens is 1. The molecule has 0 radical (unpaired) electrons. The lowest BCUT2D eigenvalue weighted by Crippen LogP contribution is -2.30. The van der Waals surface area contributed by atoms with E-state index in [-0.39, 0.29) is 17.7 Å². The number of benzene rings is 2. The maximum Gasteiger partial charge on any atom is 0.273 e. The van der Waals surface area contributed by atoms with E-state index >= 15 is 0 Å². The molecule has 3 aromatic rings. The third-order valence-electron chi connectivity index (χ3n) is 6.10. The van der Waals surface area contributed by atoms with Gasteiger partial charge in [-0.2, -0.15) is 5.10 Å². The van der Waals surface area contributed by atoms with Gasteiger partial charge in [0.15, 0.2) is 0 Å². The SMILES string of the molecule is C=CCOc1cccc(C2c3c(-c4c(C)cc(C)cc4O)n[nH]c3C(=O)N2CCCCC)c1. The number of carbonyl (C=O) groups is 1. The number of aryl methyl sites for hydroxylation is 2. The Morgan fingerprint density at radius 2 is 2.06 bits per heavy atom. The Bertz CT molecular complexity index is 1160. The summed E-state index contributed by atoms with van der Waals surface area (Å²) in [7, 11) is 0. The summed E-state index contributed by atoms with van der Waals surface area (Å²) in [6.45, 7) is 10.8. The second kappa shape index (κ2) is 9.53. The topological polar surface area (TPSA) is 78.5 Å². The van der Waals surface area contributed by atoms with Crippen molar-refractivity contribution in [1.82, 2.24) is 15.1 Å². The molecule has 172 valence electrons. The fraction of sp³-hybridized carbons (Fsp3) is 0.333. The highest BCUT2D eigenvalue weighted by Crippen LogP contribution is 2.46. The Morgan fingerprint density at radius 1 is 1.24 bits per heavy atom. The van der Waals surface area contributed by atoms with Gasteiger partial charge in [0.05, 0.1) is 6.04 Å². The highest BCUT2D eigenvalue weighted by molar-refractivity contribution is 6.00. The van der Waals surface area contributed by atoms with Crippen LogP contribution in [0.15, 0.2) is 49.1 Å². The lowest BCUT2D eigenvalue weighted by molar-refractivity contribution is 0.0740. The van der Waals surface area contributed by atoms with E-state index in [4.69, 9.17) is 4.74 Å². The number of phenolic OH excluding ortho intramolecular Hbond substituents is 1. The largest absolute Gasteiger partial charge is 0.507 e. The Balaban J connectivity index is 1.85. The fourth-order valence-electron chi connectivity index (χ4n) is 4.68. The predicted molar refractivity (Wildman–Crippen MR) is 130 cm³/mol. The minimum absolute atomic E-state index is 0.0634. The lowest BCUT2D eigenvalue weighted by atomic mass is 9.93. The van der Waals surface area contributed by atoms with Crippen molar-refractivity contribution in [2.75, 3.05) is 13.2 Å². The smallest absolute Gasteiger partial charge is 0.273 e. The summed E-state index contributed by atoms with van der Waals surface area (Å²) in [4.78, 5) is 15.4. The number of hydrogen-bond donors (Lipinski definition) is 2. The quantitative estimate of drug-likeness (QED) is 0.327. The Morgan fingerprint density at radius 3 is 2.79 bits per heavy atom. The summed E-state index contributed by atoms with van der Waals surface area (Å²) in [6.07, 6.45) is 4.76. The summed E-state index contributed by atoms with van der Waals surface area (Å²) in [5, 5.41) is 18.3. The molecule has 4 rings (SSSR count). The molecule has 1 aromatic heterocycles. The minimum Gasteiger partial charge on any atom is -0.507 e. The molecule has 0 spiro atoms. The Kier molecular flexibility index (Phi) is 6.54. The maximum absolute atomic E-state index is 13.4. The number of nitrogens with one attached hydrogen (secondary N) is 1. The van der Waals surface area contributed by atoms with E-state index in [0.717, 1.165) is 47.3 Å². The Labute approximate surface area is 194 Å². The number of amides is 1. The number of rotatable bonds is 9. The second-order valence-corrected chi connectivity index (χ2v) is 8.62.